The molecule has 6 heteroatoms. The quantitative estimate of drug-likeness (QED) is 0.588. The van der Waals surface area contributed by atoms with E-state index in [1.54, 1.807) is 6.08 Å². The number of carbonyl (C=O) groups is 1. The Morgan fingerprint density at radius 2 is 1.95 bits per heavy atom. The molecular formula is C14H24O5Si. The maximum absolute atomic E-state index is 11.3. The van der Waals surface area contributed by atoms with Gasteiger partial charge in [-0.1, -0.05) is 0 Å². The van der Waals surface area contributed by atoms with Crippen LogP contribution in [-0.2, 0) is 23.4 Å². The van der Waals surface area contributed by atoms with Crippen molar-refractivity contribution in [3.05, 3.63) is 12.2 Å². The molecule has 0 unspecified atom stereocenters. The van der Waals surface area contributed by atoms with Crippen LogP contribution in [0.5, 0.6) is 0 Å². The van der Waals surface area contributed by atoms with Crippen LogP contribution < -0.4 is 0 Å². The van der Waals surface area contributed by atoms with Gasteiger partial charge < -0.3 is 18.6 Å². The molecule has 114 valence electrons. The molecule has 0 aromatic rings. The first-order valence-corrected chi connectivity index (χ1v) is 10.4. The molecule has 2 aliphatic heterocycles. The highest BCUT2D eigenvalue weighted by molar-refractivity contribution is 6.69. The van der Waals surface area contributed by atoms with E-state index in [1.807, 2.05) is 20.8 Å². The lowest BCUT2D eigenvalue weighted by atomic mass is 10.0. The Morgan fingerprint density at radius 1 is 1.30 bits per heavy atom. The topological polar surface area (TPSA) is 54.0 Å². The fourth-order valence-corrected chi connectivity index (χ4v) is 3.68. The third kappa shape index (κ3) is 3.69. The monoisotopic (exact) mass is 300 g/mol. The third-order valence-electron chi connectivity index (χ3n) is 3.16. The van der Waals surface area contributed by atoms with Crippen LogP contribution in [0.3, 0.4) is 0 Å². The van der Waals surface area contributed by atoms with Crippen LogP contribution in [0, 0.1) is 0 Å². The molecule has 2 heterocycles. The summed E-state index contributed by atoms with van der Waals surface area (Å²) in [6.07, 6.45) is 2.09. The summed E-state index contributed by atoms with van der Waals surface area (Å²) in [4.78, 5) is 11.3. The smallest absolute Gasteiger partial charge is 0.331 e. The molecule has 0 N–H and O–H groups in total. The first-order chi connectivity index (χ1) is 9.07. The maximum atomic E-state index is 11.3. The van der Waals surface area contributed by atoms with Gasteiger partial charge >= 0.3 is 5.97 Å². The van der Waals surface area contributed by atoms with Gasteiger partial charge in [0.15, 0.2) is 14.1 Å². The van der Waals surface area contributed by atoms with Gasteiger partial charge in [0, 0.05) is 6.08 Å². The van der Waals surface area contributed by atoms with Crippen LogP contribution in [-0.4, -0.2) is 44.5 Å². The first-order valence-electron chi connectivity index (χ1n) is 7.00. The molecule has 0 aromatic carbocycles. The summed E-state index contributed by atoms with van der Waals surface area (Å²) in [5, 5.41) is 0. The van der Waals surface area contributed by atoms with Crippen molar-refractivity contribution in [3.8, 4) is 0 Å². The molecule has 1 fully saturated rings. The van der Waals surface area contributed by atoms with E-state index in [2.05, 4.69) is 19.6 Å². The Morgan fingerprint density at radius 3 is 2.35 bits per heavy atom. The second-order valence-corrected chi connectivity index (χ2v) is 11.2. The van der Waals surface area contributed by atoms with Gasteiger partial charge in [-0.15, -0.1) is 0 Å². The van der Waals surface area contributed by atoms with E-state index in [9.17, 15) is 4.79 Å². The molecule has 5 nitrogen and oxygen atoms in total. The number of carbonyl (C=O) groups excluding carboxylic acids is 1. The summed E-state index contributed by atoms with van der Waals surface area (Å²) in [7, 11) is -1.81. The molecule has 2 aliphatic rings. The zero-order valence-electron chi connectivity index (χ0n) is 13.0. The lowest BCUT2D eigenvalue weighted by Crippen LogP contribution is -2.49. The van der Waals surface area contributed by atoms with Crippen LogP contribution in [0.2, 0.25) is 19.6 Å². The Balaban J connectivity index is 2.19. The summed E-state index contributed by atoms with van der Waals surface area (Å²) < 4.78 is 23.3. The highest BCUT2D eigenvalue weighted by Gasteiger charge is 2.48. The van der Waals surface area contributed by atoms with Crippen LogP contribution in [0.1, 0.15) is 20.8 Å². The minimum absolute atomic E-state index is 0.112. The van der Waals surface area contributed by atoms with Crippen LogP contribution in [0.15, 0.2) is 12.2 Å². The largest absolute Gasteiger partial charge is 0.452 e. The van der Waals surface area contributed by atoms with Crippen molar-refractivity contribution < 1.29 is 23.4 Å². The molecular weight excluding hydrogens is 276 g/mol. The number of esters is 1. The summed E-state index contributed by atoms with van der Waals surface area (Å²) >= 11 is 0. The van der Waals surface area contributed by atoms with Crippen LogP contribution >= 0.6 is 0 Å². The Kier molecular flexibility index (Phi) is 4.12. The molecule has 0 amide bonds. The summed E-state index contributed by atoms with van der Waals surface area (Å²) in [6, 6.07) is 0. The lowest BCUT2D eigenvalue weighted by Gasteiger charge is -2.34. The molecule has 1 saturated heterocycles. The van der Waals surface area contributed by atoms with E-state index in [0.717, 1.165) is 0 Å². The zero-order valence-corrected chi connectivity index (χ0v) is 14.0. The highest BCUT2D eigenvalue weighted by atomic mass is 28.4. The van der Waals surface area contributed by atoms with Crippen molar-refractivity contribution >= 4 is 14.3 Å². The molecule has 0 bridgehead atoms. The second-order valence-electron chi connectivity index (χ2n) is 6.76. The third-order valence-corrected chi connectivity index (χ3v) is 4.14. The molecule has 2 rings (SSSR count). The van der Waals surface area contributed by atoms with Gasteiger partial charge in [-0.2, -0.15) is 0 Å². The average Bonchev–Trinajstić information content (AvgIpc) is 2.78. The Bertz CT molecular complexity index is 412. The molecule has 0 aliphatic carbocycles. The molecule has 20 heavy (non-hydrogen) atoms. The SMILES string of the molecule is C[C@H]1OC(C)(C)O[C@@H]1[C@H](O[Si](C)(C)C)[C@@H]1C=CC(=O)O1. The first kappa shape index (κ1) is 15.7. The number of rotatable bonds is 4. The van der Waals surface area contributed by atoms with Gasteiger partial charge in [0.1, 0.15) is 18.3 Å². The highest BCUT2D eigenvalue weighted by Crippen LogP contribution is 2.34. The Hall–Kier alpha value is -0.693. The normalized spacial score (nSPS) is 34.3. The number of hydrogen-bond donors (Lipinski definition) is 0. The van der Waals surface area contributed by atoms with Crippen molar-refractivity contribution in [1.29, 1.82) is 0 Å². The zero-order chi connectivity index (χ0) is 15.1. The molecule has 4 atom stereocenters. The van der Waals surface area contributed by atoms with Crippen molar-refractivity contribution in [1.82, 2.24) is 0 Å². The molecule has 0 aromatic heterocycles. The number of ether oxygens (including phenoxy) is 3. The van der Waals surface area contributed by atoms with Gasteiger partial charge in [0.2, 0.25) is 0 Å². The predicted octanol–water partition coefficient (Wildman–Crippen LogP) is 2.23. The minimum Gasteiger partial charge on any atom is -0.452 e. The standard InChI is InChI=1S/C14H24O5Si/c1-9-12(18-14(2,3)17-9)13(19-20(4,5)6)10-7-8-11(15)16-10/h7-10,12-13H,1-6H3/t9-,10+,12+,13-/m1/s1. The van der Waals surface area contributed by atoms with Gasteiger partial charge in [-0.3, -0.25) is 0 Å². The molecule has 0 saturated carbocycles. The Labute approximate surface area is 121 Å². The fraction of sp³-hybridized carbons (Fsp3) is 0.786. The molecule has 0 spiro atoms. The van der Waals surface area contributed by atoms with E-state index in [4.69, 9.17) is 18.6 Å². The van der Waals surface area contributed by atoms with Crippen LogP contribution in [0.25, 0.3) is 0 Å². The predicted molar refractivity (Wildman–Crippen MR) is 76.7 cm³/mol. The second kappa shape index (κ2) is 5.25. The van der Waals surface area contributed by atoms with Crippen molar-refractivity contribution in [3.63, 3.8) is 0 Å². The van der Waals surface area contributed by atoms with Crippen LogP contribution in [0.4, 0.5) is 0 Å². The average molecular weight is 300 g/mol. The van der Waals surface area contributed by atoms with E-state index >= 15 is 0 Å². The maximum Gasteiger partial charge on any atom is 0.331 e. The van der Waals surface area contributed by atoms with E-state index in [0.29, 0.717) is 0 Å². The fourth-order valence-electron chi connectivity index (χ4n) is 2.59. The number of hydrogen-bond acceptors (Lipinski definition) is 5. The van der Waals surface area contributed by atoms with E-state index < -0.39 is 20.2 Å². The van der Waals surface area contributed by atoms with E-state index in [-0.39, 0.29) is 24.3 Å². The van der Waals surface area contributed by atoms with E-state index in [1.165, 1.54) is 6.08 Å². The number of cyclic esters (lactones) is 1. The minimum atomic E-state index is -1.81. The van der Waals surface area contributed by atoms with Gasteiger partial charge in [0.25, 0.3) is 0 Å². The van der Waals surface area contributed by atoms with Crippen molar-refractivity contribution in [2.24, 2.45) is 0 Å². The van der Waals surface area contributed by atoms with Crippen molar-refractivity contribution in [2.75, 3.05) is 0 Å². The lowest BCUT2D eigenvalue weighted by molar-refractivity contribution is -0.163. The van der Waals surface area contributed by atoms with Gasteiger partial charge in [-0.25, -0.2) is 4.79 Å². The summed E-state index contributed by atoms with van der Waals surface area (Å²) in [5.41, 5.74) is 0. The van der Waals surface area contributed by atoms with Gasteiger partial charge in [0.05, 0.1) is 6.10 Å². The van der Waals surface area contributed by atoms with Gasteiger partial charge in [-0.05, 0) is 46.5 Å². The van der Waals surface area contributed by atoms with Crippen molar-refractivity contribution in [2.45, 2.75) is 70.6 Å². The summed E-state index contributed by atoms with van der Waals surface area (Å²) in [5.74, 6) is -0.970. The summed E-state index contributed by atoms with van der Waals surface area (Å²) in [6.45, 7) is 12.0. The molecule has 0 radical (unpaired) electrons.